The molecule has 1 amide bonds. The molecule has 126 valence electrons. The molecule has 0 radical (unpaired) electrons. The van der Waals surface area contributed by atoms with E-state index < -0.39 is 5.82 Å². The van der Waals surface area contributed by atoms with Crippen LogP contribution in [-0.2, 0) is 4.79 Å². The number of rotatable bonds is 4. The van der Waals surface area contributed by atoms with Crippen LogP contribution in [0.3, 0.4) is 0 Å². The summed E-state index contributed by atoms with van der Waals surface area (Å²) in [5, 5.41) is 3.90. The van der Waals surface area contributed by atoms with Gasteiger partial charge in [-0.1, -0.05) is 41.9 Å². The molecule has 1 unspecified atom stereocenters. The van der Waals surface area contributed by atoms with E-state index in [1.165, 1.54) is 12.1 Å². The number of ether oxygens (including phenoxy) is 1. The van der Waals surface area contributed by atoms with Gasteiger partial charge in [-0.15, -0.1) is 0 Å². The van der Waals surface area contributed by atoms with Gasteiger partial charge < -0.3 is 15.0 Å². The minimum atomic E-state index is -0.478. The van der Waals surface area contributed by atoms with Crippen LogP contribution in [-0.4, -0.2) is 37.0 Å². The molecule has 1 aliphatic rings. The van der Waals surface area contributed by atoms with Crippen LogP contribution in [0.4, 0.5) is 4.39 Å². The van der Waals surface area contributed by atoms with E-state index in [0.717, 1.165) is 5.56 Å². The summed E-state index contributed by atoms with van der Waals surface area (Å²) in [6.07, 6.45) is 0. The Hall–Kier alpha value is -2.11. The smallest absolute Gasteiger partial charge is 0.261 e. The molecule has 6 heteroatoms. The van der Waals surface area contributed by atoms with Gasteiger partial charge >= 0.3 is 0 Å². The molecule has 3 rings (SSSR count). The first-order valence-electron chi connectivity index (χ1n) is 7.79. The molecular weight excluding hydrogens is 331 g/mol. The van der Waals surface area contributed by atoms with Crippen LogP contribution in [0.15, 0.2) is 48.5 Å². The average molecular weight is 349 g/mol. The lowest BCUT2D eigenvalue weighted by atomic mass is 10.0. The summed E-state index contributed by atoms with van der Waals surface area (Å²) in [4.78, 5) is 14.3. The maximum Gasteiger partial charge on any atom is 0.261 e. The van der Waals surface area contributed by atoms with Gasteiger partial charge in [-0.3, -0.25) is 4.79 Å². The Kier molecular flexibility index (Phi) is 5.33. The van der Waals surface area contributed by atoms with E-state index in [1.54, 1.807) is 17.0 Å². The van der Waals surface area contributed by atoms with Crippen molar-refractivity contribution in [1.82, 2.24) is 10.2 Å². The fourth-order valence-electron chi connectivity index (χ4n) is 2.81. The summed E-state index contributed by atoms with van der Waals surface area (Å²) >= 11 is 6.27. The zero-order chi connectivity index (χ0) is 16.9. The van der Waals surface area contributed by atoms with Crippen LogP contribution in [0.1, 0.15) is 11.6 Å². The zero-order valence-electron chi connectivity index (χ0n) is 13.0. The van der Waals surface area contributed by atoms with Gasteiger partial charge in [-0.2, -0.15) is 0 Å². The van der Waals surface area contributed by atoms with Crippen LogP contribution in [0, 0.1) is 5.82 Å². The predicted molar refractivity (Wildman–Crippen MR) is 90.7 cm³/mol. The van der Waals surface area contributed by atoms with E-state index in [2.05, 4.69) is 5.32 Å². The van der Waals surface area contributed by atoms with Crippen molar-refractivity contribution >= 4 is 17.5 Å². The number of carbonyl (C=O) groups is 1. The highest BCUT2D eigenvalue weighted by molar-refractivity contribution is 6.31. The number of hydrogen-bond acceptors (Lipinski definition) is 3. The number of para-hydroxylation sites is 1. The van der Waals surface area contributed by atoms with Gasteiger partial charge in [0.15, 0.2) is 18.2 Å². The molecule has 1 N–H and O–H groups in total. The number of nitrogens with zero attached hydrogens (tertiary/aromatic N) is 1. The summed E-state index contributed by atoms with van der Waals surface area (Å²) in [7, 11) is 0. The molecule has 24 heavy (non-hydrogen) atoms. The Morgan fingerprint density at radius 2 is 2.00 bits per heavy atom. The van der Waals surface area contributed by atoms with Crippen molar-refractivity contribution in [2.24, 2.45) is 0 Å². The van der Waals surface area contributed by atoms with Crippen molar-refractivity contribution in [3.05, 3.63) is 64.9 Å². The SMILES string of the molecule is O=C(COc1ccccc1F)N1CCNCC1c1ccccc1Cl. The number of benzene rings is 2. The van der Waals surface area contributed by atoms with Crippen LogP contribution in [0.2, 0.25) is 5.02 Å². The largest absolute Gasteiger partial charge is 0.481 e. The maximum atomic E-state index is 13.6. The lowest BCUT2D eigenvalue weighted by molar-refractivity contribution is -0.136. The van der Waals surface area contributed by atoms with Gasteiger partial charge in [-0.25, -0.2) is 4.39 Å². The molecule has 2 aromatic carbocycles. The molecule has 0 aromatic heterocycles. The molecular formula is C18H18ClFN2O2. The van der Waals surface area contributed by atoms with Crippen LogP contribution >= 0.6 is 11.6 Å². The second kappa shape index (κ2) is 7.64. The van der Waals surface area contributed by atoms with Crippen LogP contribution < -0.4 is 10.1 Å². The molecule has 0 saturated carbocycles. The summed E-state index contributed by atoms with van der Waals surface area (Å²) in [6, 6.07) is 13.4. The number of hydrogen-bond donors (Lipinski definition) is 1. The van der Waals surface area contributed by atoms with E-state index in [4.69, 9.17) is 16.3 Å². The van der Waals surface area contributed by atoms with Crippen molar-refractivity contribution in [3.63, 3.8) is 0 Å². The molecule has 1 aliphatic heterocycles. The molecule has 1 saturated heterocycles. The predicted octanol–water partition coefficient (Wildman–Crippen LogP) is 3.03. The van der Waals surface area contributed by atoms with Gasteiger partial charge in [0.05, 0.1) is 6.04 Å². The number of carbonyl (C=O) groups excluding carboxylic acids is 1. The second-order valence-corrected chi connectivity index (χ2v) is 5.95. The standard InChI is InChI=1S/C18H18ClFN2O2/c19-14-6-2-1-5-13(14)16-11-21-9-10-22(16)18(23)12-24-17-8-4-3-7-15(17)20/h1-8,16,21H,9-12H2. The topological polar surface area (TPSA) is 41.6 Å². The molecule has 0 spiro atoms. The zero-order valence-corrected chi connectivity index (χ0v) is 13.8. The molecule has 0 bridgehead atoms. The van der Waals surface area contributed by atoms with Gasteiger partial charge in [0.25, 0.3) is 5.91 Å². The van der Waals surface area contributed by atoms with Gasteiger partial charge in [0, 0.05) is 24.7 Å². The first-order chi connectivity index (χ1) is 11.7. The quantitative estimate of drug-likeness (QED) is 0.923. The summed E-state index contributed by atoms with van der Waals surface area (Å²) in [5.74, 6) is -0.590. The van der Waals surface area contributed by atoms with Crippen LogP contribution in [0.25, 0.3) is 0 Å². The summed E-state index contributed by atoms with van der Waals surface area (Å²) in [5.41, 5.74) is 0.894. The first kappa shape index (κ1) is 16.7. The van der Waals surface area contributed by atoms with E-state index >= 15 is 0 Å². The fraction of sp³-hybridized carbons (Fsp3) is 0.278. The molecule has 4 nitrogen and oxygen atoms in total. The van der Waals surface area contributed by atoms with Gasteiger partial charge in [0.1, 0.15) is 0 Å². The van der Waals surface area contributed by atoms with Crippen molar-refractivity contribution < 1.29 is 13.9 Å². The Balaban J connectivity index is 1.72. The van der Waals surface area contributed by atoms with Crippen molar-refractivity contribution in [1.29, 1.82) is 0 Å². The lowest BCUT2D eigenvalue weighted by Crippen LogP contribution is -2.50. The van der Waals surface area contributed by atoms with E-state index in [-0.39, 0.29) is 24.3 Å². The third-order valence-corrected chi connectivity index (χ3v) is 4.36. The highest BCUT2D eigenvalue weighted by Crippen LogP contribution is 2.28. The number of halogens is 2. The van der Waals surface area contributed by atoms with E-state index in [9.17, 15) is 9.18 Å². The minimum absolute atomic E-state index is 0.0790. The van der Waals surface area contributed by atoms with Crippen molar-refractivity contribution in [2.75, 3.05) is 26.2 Å². The molecule has 1 fully saturated rings. The van der Waals surface area contributed by atoms with Crippen molar-refractivity contribution in [3.8, 4) is 5.75 Å². The fourth-order valence-corrected chi connectivity index (χ4v) is 3.07. The van der Waals surface area contributed by atoms with E-state index in [1.807, 2.05) is 24.3 Å². The third-order valence-electron chi connectivity index (χ3n) is 4.02. The number of nitrogens with one attached hydrogen (secondary N) is 1. The third kappa shape index (κ3) is 3.68. The Bertz CT molecular complexity index is 726. The first-order valence-corrected chi connectivity index (χ1v) is 8.16. The lowest BCUT2D eigenvalue weighted by Gasteiger charge is -2.36. The van der Waals surface area contributed by atoms with Crippen LogP contribution in [0.5, 0.6) is 5.75 Å². The molecule has 1 atom stereocenters. The normalized spacial score (nSPS) is 17.6. The Morgan fingerprint density at radius 1 is 1.25 bits per heavy atom. The maximum absolute atomic E-state index is 13.6. The highest BCUT2D eigenvalue weighted by atomic mass is 35.5. The summed E-state index contributed by atoms with van der Waals surface area (Å²) < 4.78 is 18.9. The molecule has 0 aliphatic carbocycles. The minimum Gasteiger partial charge on any atom is -0.481 e. The molecule has 1 heterocycles. The monoisotopic (exact) mass is 348 g/mol. The molecule has 2 aromatic rings. The van der Waals surface area contributed by atoms with Gasteiger partial charge in [-0.05, 0) is 23.8 Å². The average Bonchev–Trinajstić information content (AvgIpc) is 2.61. The Morgan fingerprint density at radius 3 is 2.79 bits per heavy atom. The summed E-state index contributed by atoms with van der Waals surface area (Å²) in [6.45, 7) is 1.67. The number of amides is 1. The second-order valence-electron chi connectivity index (χ2n) is 5.55. The van der Waals surface area contributed by atoms with E-state index in [0.29, 0.717) is 24.7 Å². The number of piperazine rings is 1. The van der Waals surface area contributed by atoms with Gasteiger partial charge in [0.2, 0.25) is 0 Å². The highest BCUT2D eigenvalue weighted by Gasteiger charge is 2.29. The van der Waals surface area contributed by atoms with Crippen molar-refractivity contribution in [2.45, 2.75) is 6.04 Å². The Labute approximate surface area is 145 Å².